The smallest absolute Gasteiger partial charge is 0.742 e. The summed E-state index contributed by atoms with van der Waals surface area (Å²) < 4.78 is 91.9. The monoisotopic (exact) mass is 2120 g/mol. The minimum absolute atomic E-state index is 0. The number of thioether (sulfide) groups is 1. The van der Waals surface area contributed by atoms with Crippen LogP contribution in [0.2, 0.25) is 0 Å². The van der Waals surface area contributed by atoms with Crippen LogP contribution in [-0.2, 0) is 141 Å². The molecule has 7 fully saturated rings. The second kappa shape index (κ2) is 86.5. The third-order valence-corrected chi connectivity index (χ3v) is 29.2. The van der Waals surface area contributed by atoms with Crippen LogP contribution >= 0.6 is 78.4 Å². The molecule has 778 valence electrons. The average molecular weight is 2120 g/mol. The molecule has 44 heteroatoms. The Hall–Kier alpha value is -3.01. The summed E-state index contributed by atoms with van der Waals surface area (Å²) in [7, 11) is 9.39. The first kappa shape index (κ1) is 136. The Kier molecular flexibility index (Phi) is 87.2. The Morgan fingerprint density at radius 1 is 0.437 bits per heavy atom. The number of carboxylic acid groups (broad SMARTS) is 4. The maximum Gasteiger partial charge on any atom is 1.00 e. The van der Waals surface area contributed by atoms with E-state index in [0.717, 1.165) is 169 Å². The van der Waals surface area contributed by atoms with Gasteiger partial charge in [0.25, 0.3) is 0 Å². The van der Waals surface area contributed by atoms with Crippen molar-refractivity contribution in [3.8, 4) is 0 Å². The minimum atomic E-state index is -2.75. The van der Waals surface area contributed by atoms with E-state index in [9.17, 15) is 61.2 Å². The molecular formula is C91H155KO34S9. The Bertz CT molecular complexity index is 3270. The van der Waals surface area contributed by atoms with Gasteiger partial charge in [0, 0.05) is 52.8 Å². The number of esters is 3. The number of allylic oxidation sites excluding steroid dienone is 3. The van der Waals surface area contributed by atoms with Gasteiger partial charge in [-0.3, -0.25) is 43.2 Å². The summed E-state index contributed by atoms with van der Waals surface area (Å²) in [6, 6.07) is 0. The molecule has 0 aromatic rings. The molecule has 7 N–H and O–H groups in total. The molecular weight excluding hydrogens is 1960 g/mol. The molecule has 11 aliphatic heterocycles. The first-order valence-electron chi connectivity index (χ1n) is 45.4. The van der Waals surface area contributed by atoms with Crippen LogP contribution in [0.5, 0.6) is 0 Å². The van der Waals surface area contributed by atoms with Crippen molar-refractivity contribution in [3.63, 3.8) is 0 Å². The number of carbonyl (C=O) groups is 11. The number of carbonyl (C=O) groups excluding carboxylic acids is 7. The van der Waals surface area contributed by atoms with Gasteiger partial charge in [0.15, 0.2) is 14.0 Å². The summed E-state index contributed by atoms with van der Waals surface area (Å²) in [5.41, 5.74) is 1.17. The van der Waals surface area contributed by atoms with Crippen molar-refractivity contribution in [2.24, 2.45) is 41.4 Å². The molecule has 0 aromatic carbocycles. The van der Waals surface area contributed by atoms with Gasteiger partial charge in [-0.15, -0.1) is 0 Å². The first-order chi connectivity index (χ1) is 63.9. The summed E-state index contributed by atoms with van der Waals surface area (Å²) in [5, 5.41) is 60.2. The van der Waals surface area contributed by atoms with Gasteiger partial charge in [-0.25, -0.2) is 13.2 Å². The van der Waals surface area contributed by atoms with E-state index in [1.165, 1.54) is 71.6 Å². The van der Waals surface area contributed by atoms with Gasteiger partial charge in [-0.1, -0.05) is 82.6 Å². The second-order valence-corrected chi connectivity index (χ2v) is 43.9. The molecule has 0 bridgehead atoms. The van der Waals surface area contributed by atoms with E-state index in [1.54, 1.807) is 58.8 Å². The van der Waals surface area contributed by atoms with Gasteiger partial charge in [0.2, 0.25) is 0 Å². The molecule has 34 nitrogen and oxygen atoms in total. The zero-order chi connectivity index (χ0) is 101. The van der Waals surface area contributed by atoms with E-state index < -0.39 is 32.7 Å². The summed E-state index contributed by atoms with van der Waals surface area (Å²) in [5.74, 6) is -1.13. The number of carboxylic acids is 4. The Labute approximate surface area is 878 Å². The number of aliphatic hydroxyl groups excluding tert-OH is 3. The molecule has 0 aromatic heterocycles. The van der Waals surface area contributed by atoms with Gasteiger partial charge >= 0.3 is 93.2 Å². The zero-order valence-electron chi connectivity index (χ0n) is 81.6. The van der Waals surface area contributed by atoms with Crippen molar-refractivity contribution < 1.29 is 215 Å². The van der Waals surface area contributed by atoms with Crippen LogP contribution in [0.15, 0.2) is 48.3 Å². The van der Waals surface area contributed by atoms with Crippen molar-refractivity contribution in [2.45, 2.75) is 283 Å². The van der Waals surface area contributed by atoms with E-state index in [0.29, 0.717) is 100 Å². The largest absolute Gasteiger partial charge is 1.00 e. The summed E-state index contributed by atoms with van der Waals surface area (Å²) in [4.78, 5) is 116. The molecule has 11 rings (SSSR count). The Morgan fingerprint density at radius 2 is 0.748 bits per heavy atom. The van der Waals surface area contributed by atoms with Crippen LogP contribution in [0, 0.1) is 41.4 Å². The van der Waals surface area contributed by atoms with Crippen molar-refractivity contribution in [1.29, 1.82) is 0 Å². The van der Waals surface area contributed by atoms with Crippen molar-refractivity contribution in [2.75, 3.05) is 135 Å². The number of Topliss-reactive ketones (excluding diaryl/α,β-unsaturated/α-hetero) is 1. The molecule has 18 atom stereocenters. The molecule has 0 radical (unpaired) electrons. The molecule has 11 heterocycles. The van der Waals surface area contributed by atoms with Crippen LogP contribution in [0.3, 0.4) is 0 Å². The van der Waals surface area contributed by atoms with E-state index in [2.05, 4.69) is 72.6 Å². The second-order valence-electron chi connectivity index (χ2n) is 32.0. The third-order valence-electron chi connectivity index (χ3n) is 21.7. The topological polar surface area (TPSA) is 493 Å². The summed E-state index contributed by atoms with van der Waals surface area (Å²) in [6.07, 6.45) is 43.6. The summed E-state index contributed by atoms with van der Waals surface area (Å²) in [6.45, 7) is 16.0. The van der Waals surface area contributed by atoms with Gasteiger partial charge in [-0.05, 0) is 223 Å². The number of aliphatic hydroxyl groups is 3. The molecule has 0 saturated carbocycles. The third kappa shape index (κ3) is 71.2. The molecule has 0 spiro atoms. The number of aliphatic carboxylic acids is 4. The number of hydrogen-bond donors (Lipinski definition) is 8. The quantitative estimate of drug-likeness (QED) is 0.00758. The average Bonchev–Trinajstić information content (AvgIpc) is 0.704. The number of ether oxygens (including phenoxy) is 14. The van der Waals surface area contributed by atoms with Gasteiger partial charge in [-0.2, -0.15) is 12.6 Å². The number of ketones is 1. The van der Waals surface area contributed by atoms with E-state index in [1.807, 2.05) is 36.3 Å². The fraction of sp³-hybridized carbons (Fsp3) is 0.791. The Morgan fingerprint density at radius 3 is 0.978 bits per heavy atom. The van der Waals surface area contributed by atoms with Crippen molar-refractivity contribution >= 4 is 164 Å². The molecule has 0 aliphatic carbocycles. The normalized spacial score (nSPS) is 26.6. The molecule has 135 heavy (non-hydrogen) atoms. The van der Waals surface area contributed by atoms with Crippen LogP contribution in [0.25, 0.3) is 0 Å². The number of aldehydes is 1. The van der Waals surface area contributed by atoms with Crippen molar-refractivity contribution in [1.82, 2.24) is 0 Å². The van der Waals surface area contributed by atoms with E-state index in [4.69, 9.17) is 87.9 Å². The standard InChI is InChI=1S/C10H16O4S.C9H16O3.C9H16O2S2.C8H14O4.C8H14O3S2.C8H12O3.C8H12O2.C7H12O4.C7H12O3S.C7H12O.C6H10O2.C2H6O2S2.C2H4OS.K/c1-7(11)15-6-9-4-3-8(5-14-9)10(12)13-2;1-3-8-5-4-7(6-12-8)9(10)11-2;1-7(10)8-3-4-9(11-5-8)6-13-12-2;1-11-8(10)6-2-3-7(4-9)12-5-6;1-12-13-5-7-3-2-6(4-11-7)8(9)10;1-2-7-4-3-6(5-11-7)8(9)10;1-2-8-4-3-7(5-9)6-10-8;8-3-6-2-1-5(4-11-6)7(9)10;8-7(9)5-1-2-6(4-11)10-3-5;1-2-7-5-3-4-6-8-7;7-5-6-3-1-2-4-8-6;1-5-6(2,3)4;1-2(3)4;/h8-9H,3-6H2,1-2H3;7-8H,3-6H2,1-2H3;8-9H,3-6H2,1-2H3;6-7,9H,2-5H2,1H3;6-7H,2-5H2,1H3,(H,9,10);5,7H,2-4H2,1H3,(H,9,10);5-6,8H,2-4H2,1H3;5-6,8H,1-4H2,(H,9,10);5-6,11H,1-4H2,(H,8,9);4,6-7H,2-3,5H2,1H3;2,4,6-7H,1,3,5H2;1-2H3;1H3,(H,3,4);/q;;;;;;;;;;;;;+1/p-1. The van der Waals surface area contributed by atoms with Crippen LogP contribution in [0.1, 0.15) is 215 Å². The van der Waals surface area contributed by atoms with Crippen LogP contribution in [-0.4, -0.2) is 311 Å². The summed E-state index contributed by atoms with van der Waals surface area (Å²) >= 11 is 9.33. The molecule has 18 unspecified atom stereocenters. The maximum absolute atomic E-state index is 11.2. The number of thiol groups is 1. The van der Waals surface area contributed by atoms with Gasteiger partial charge in [0.1, 0.15) is 18.2 Å². The minimum Gasteiger partial charge on any atom is -0.742 e. The van der Waals surface area contributed by atoms with Gasteiger partial charge < -0.3 is 119 Å². The number of methoxy groups -OCH3 is 3. The number of hydrogen-bond acceptors (Lipinski definition) is 38. The first-order valence-corrected chi connectivity index (χ1v) is 56.5. The van der Waals surface area contributed by atoms with Crippen LogP contribution in [0.4, 0.5) is 0 Å². The molecule has 11 aliphatic rings. The fourth-order valence-corrected chi connectivity index (χ4v) is 16.8. The molecule has 7 saturated heterocycles. The van der Waals surface area contributed by atoms with E-state index >= 15 is 0 Å². The van der Waals surface area contributed by atoms with E-state index in [-0.39, 0.29) is 196 Å². The Balaban J connectivity index is -0.00000141. The van der Waals surface area contributed by atoms with Crippen molar-refractivity contribution in [3.05, 3.63) is 48.3 Å². The predicted octanol–water partition coefficient (Wildman–Crippen LogP) is 10.8. The number of rotatable bonds is 26. The predicted molar refractivity (Wildman–Crippen MR) is 529 cm³/mol. The van der Waals surface area contributed by atoms with Crippen LogP contribution < -0.4 is 51.4 Å². The van der Waals surface area contributed by atoms with Gasteiger partial charge in [0.05, 0.1) is 215 Å². The maximum atomic E-state index is 11.2. The SMILES string of the molecule is CC(=O)[S-].CCC1CCC(C(=O)O)=CO1.CCC1CCC(C(=O)OC)CO1.CCC1CCC(C=O)=CO1.CCC1CCC=CO1.COC(=O)C1CCC(CO)OC1.COC(=O)C1CCC(CSC(C)=O)OC1.CSS(C)(=O)=O.CSSCC1CCC(C(=O)O)CO1.CSSCC1CCC(C(C)=O)CO1.O=C(O)C1CCC(CO)OC1.O=C(O)C1CCC(CS)OC1.OCC1CCC=CO1.[K+]. The fourth-order valence-electron chi connectivity index (χ4n) is 13.0. The zero-order valence-corrected chi connectivity index (χ0v) is 92.1. The molecule has 0 amide bonds.